The molecule has 5 aromatic carbocycles. The maximum absolute atomic E-state index is 14.2. The monoisotopic (exact) mass is 1390 g/mol. The number of rotatable bonds is 29. The predicted molar refractivity (Wildman–Crippen MR) is 355 cm³/mol. The number of carbonyl (C=O) groups excluding carboxylic acids is 6. The number of aliphatic hydroxyl groups is 4. The molecule has 1 aliphatic carbocycles. The summed E-state index contributed by atoms with van der Waals surface area (Å²) < 4.78 is 72.3. The summed E-state index contributed by atoms with van der Waals surface area (Å²) in [6.45, 7) is 2.71. The molecule has 0 aromatic heterocycles. The van der Waals surface area contributed by atoms with Crippen LogP contribution in [0.1, 0.15) is 55.0 Å². The Hall–Kier alpha value is -9.24. The molecule has 5 aromatic rings. The van der Waals surface area contributed by atoms with E-state index in [4.69, 9.17) is 56.8 Å². The fourth-order valence-corrected chi connectivity index (χ4v) is 11.0. The second-order valence-electron chi connectivity index (χ2n) is 24.8. The van der Waals surface area contributed by atoms with Crippen LogP contribution in [-0.2, 0) is 89.9 Å². The third-order valence-electron chi connectivity index (χ3n) is 15.9. The van der Waals surface area contributed by atoms with Crippen molar-refractivity contribution in [1.29, 1.82) is 0 Å². The summed E-state index contributed by atoms with van der Waals surface area (Å²) in [5, 5.41) is 66.9. The van der Waals surface area contributed by atoms with Crippen LogP contribution in [0.15, 0.2) is 176 Å². The van der Waals surface area contributed by atoms with Crippen LogP contribution >= 0.6 is 0 Å². The Kier molecular flexibility index (Phi) is 28.3. The Morgan fingerprint density at radius 1 is 0.450 bits per heavy atom. The van der Waals surface area contributed by atoms with E-state index in [-0.39, 0.29) is 65.6 Å². The molecule has 3 aliphatic heterocycles. The third kappa shape index (κ3) is 24.0. The molecule has 9 rings (SSSR count). The molecule has 6 amide bonds. The van der Waals surface area contributed by atoms with Crippen molar-refractivity contribution in [3.63, 3.8) is 0 Å². The molecule has 1 saturated heterocycles. The summed E-state index contributed by atoms with van der Waals surface area (Å²) in [5.74, 6) is 0. The van der Waals surface area contributed by atoms with E-state index in [1.54, 1.807) is 166 Å². The average Bonchev–Trinajstić information content (AvgIpc) is 1.36. The Morgan fingerprint density at radius 3 is 1.25 bits per heavy atom. The van der Waals surface area contributed by atoms with Crippen molar-refractivity contribution in [1.82, 2.24) is 37.2 Å². The van der Waals surface area contributed by atoms with Crippen molar-refractivity contribution in [3.8, 4) is 0 Å². The summed E-state index contributed by atoms with van der Waals surface area (Å²) in [4.78, 5) is 80.1. The summed E-state index contributed by atoms with van der Waals surface area (Å²) in [6.07, 6.45) is -17.4. The first-order valence-electron chi connectivity index (χ1n) is 32.8. The highest BCUT2D eigenvalue weighted by molar-refractivity contribution is 5.70. The molecule has 3 heterocycles. The van der Waals surface area contributed by atoms with Crippen LogP contribution in [0.3, 0.4) is 0 Å². The summed E-state index contributed by atoms with van der Waals surface area (Å²) in [6, 6.07) is 39.7. The van der Waals surface area contributed by atoms with Gasteiger partial charge in [0.05, 0.1) is 50.2 Å². The molecule has 1 saturated carbocycles. The average molecular weight is 1390 g/mol. The predicted octanol–water partition coefficient (Wildman–Crippen LogP) is 5.13. The van der Waals surface area contributed by atoms with Crippen molar-refractivity contribution < 1.29 is 106 Å². The van der Waals surface area contributed by atoms with E-state index in [1.165, 1.54) is 12.2 Å². The van der Waals surface area contributed by atoms with Gasteiger partial charge in [-0.25, -0.2) is 28.8 Å². The highest BCUT2D eigenvalue weighted by atomic mass is 16.8. The minimum Gasteiger partial charge on any atom is -0.445 e. The number of aliphatic hydroxyl groups excluding tert-OH is 4. The number of hydrogen-bond donors (Lipinski definition) is 11. The Balaban J connectivity index is 0.999. The van der Waals surface area contributed by atoms with Gasteiger partial charge in [0, 0.05) is 19.1 Å². The highest BCUT2D eigenvalue weighted by Crippen LogP contribution is 2.35. The lowest BCUT2D eigenvalue weighted by atomic mass is 9.83. The minimum absolute atomic E-state index is 0.0238. The number of amides is 6. The van der Waals surface area contributed by atoms with E-state index in [1.807, 2.05) is 18.2 Å². The number of nitrogens with one attached hydrogen (secondary N) is 7. The van der Waals surface area contributed by atoms with E-state index < -0.39 is 147 Å². The topological polar surface area (TPSA) is 378 Å². The van der Waals surface area contributed by atoms with E-state index >= 15 is 0 Å². The third-order valence-corrected chi connectivity index (χ3v) is 15.9. The zero-order valence-corrected chi connectivity index (χ0v) is 55.4. The van der Waals surface area contributed by atoms with Gasteiger partial charge in [0.1, 0.15) is 81.2 Å². The highest BCUT2D eigenvalue weighted by Gasteiger charge is 2.54. The summed E-state index contributed by atoms with van der Waals surface area (Å²) >= 11 is 0. The van der Waals surface area contributed by atoms with Gasteiger partial charge in [0.2, 0.25) is 0 Å². The Morgan fingerprint density at radius 2 is 0.840 bits per heavy atom. The zero-order valence-electron chi connectivity index (χ0n) is 55.4. The van der Waals surface area contributed by atoms with E-state index in [0.29, 0.717) is 16.7 Å². The van der Waals surface area contributed by atoms with Gasteiger partial charge in [-0.15, -0.1) is 0 Å². The first-order valence-corrected chi connectivity index (χ1v) is 32.8. The lowest BCUT2D eigenvalue weighted by Gasteiger charge is -2.47. The maximum atomic E-state index is 14.2. The number of ether oxygens (including phenoxy) is 12. The molecule has 4 aliphatic rings. The molecule has 0 spiro atoms. The summed E-state index contributed by atoms with van der Waals surface area (Å²) in [7, 11) is 0. The lowest BCUT2D eigenvalue weighted by Crippen LogP contribution is -2.68. The molecule has 29 nitrogen and oxygen atoms in total. The fourth-order valence-electron chi connectivity index (χ4n) is 11.0. The zero-order chi connectivity index (χ0) is 70.8. The number of hydrogen-bond acceptors (Lipinski definition) is 23. The number of carbonyl (C=O) groups is 6. The SMILES string of the molecule is CC(C)(C)OC(=O)NCC(O)CN[C@@H]1C[C@H](NC(=O)OCc2ccccc2)[C@@H](O[C@H]2O[C@H](CNC(=O)OCc3ccccc3)C=C[C@H]2NC(=O)OCc2ccccc2)[C@H](O[C@@H]2O[C@H](CO)[C@@H](O[C@H]3O[C@@H](CNC(=O)OCc4ccccc4)C=C[C@H]3NC(=O)OCc3ccccc3)[C@H]2O)[C@H]1O. The maximum Gasteiger partial charge on any atom is 0.408 e. The Bertz CT molecular complexity index is 3420. The molecule has 2 fully saturated rings. The second kappa shape index (κ2) is 37.8. The molecule has 16 atom stereocenters. The fraction of sp³-hybridized carbons (Fsp3) is 0.437. The van der Waals surface area contributed by atoms with E-state index in [9.17, 15) is 49.2 Å². The van der Waals surface area contributed by atoms with Gasteiger partial charge in [-0.2, -0.15) is 0 Å². The Labute approximate surface area is 578 Å². The van der Waals surface area contributed by atoms with E-state index in [0.717, 1.165) is 11.1 Å². The first-order chi connectivity index (χ1) is 48.3. The van der Waals surface area contributed by atoms with Crippen LogP contribution in [0.4, 0.5) is 28.8 Å². The second-order valence-corrected chi connectivity index (χ2v) is 24.8. The normalized spacial score (nSPS) is 25.8. The molecule has 11 N–H and O–H groups in total. The number of benzene rings is 5. The quantitative estimate of drug-likeness (QED) is 0.0218. The molecular weight excluding hydrogens is 1300 g/mol. The van der Waals surface area contributed by atoms with Crippen LogP contribution in [0, 0.1) is 0 Å². The lowest BCUT2D eigenvalue weighted by molar-refractivity contribution is -0.282. The van der Waals surface area contributed by atoms with Crippen molar-refractivity contribution in [2.24, 2.45) is 0 Å². The molecule has 0 radical (unpaired) electrons. The summed E-state index contributed by atoms with van der Waals surface area (Å²) in [5.41, 5.74) is 2.62. The van der Waals surface area contributed by atoms with Crippen molar-refractivity contribution >= 4 is 36.6 Å². The van der Waals surface area contributed by atoms with Crippen LogP contribution < -0.4 is 37.2 Å². The molecule has 0 bridgehead atoms. The standard InChI is InChI=1S/C71H87N7O22/c1-71(2,3)100-67(85)73-35-49(80)34-72-54-33-55(78-70(88)93-43-48-27-17-8-18-28-48)59(97-62-52(76-68(86)91-41-46-23-13-6-14-24-46)31-29-50(94-62)36-74-65(83)89-39-44-19-9-4-10-20-44)61(57(54)81)99-64-58(82)60(56(38-79)96-64)98-63-53(77-69(87)92-42-47-25-15-7-16-26-47)32-30-51(95-63)37-75-66(84)90-40-45-21-11-5-12-22-45/h4-32,49-64,72,79-82H,33-43H2,1-3H3,(H,73,85)(H,74,83)(H,75,84)(H,76,86)(H,77,87)(H,78,88)/t49?,50-,51+,52+,53+,54+,55-,56+,57-,58+,59+,60+,61+,62+,63+,64-/m0/s1. The molecule has 29 heteroatoms. The van der Waals surface area contributed by atoms with Crippen molar-refractivity contribution in [2.75, 3.05) is 32.8 Å². The smallest absolute Gasteiger partial charge is 0.408 e. The van der Waals surface area contributed by atoms with Gasteiger partial charge < -0.3 is 114 Å². The van der Waals surface area contributed by atoms with Crippen molar-refractivity contribution in [3.05, 3.63) is 204 Å². The van der Waals surface area contributed by atoms with Crippen LogP contribution in [0.2, 0.25) is 0 Å². The van der Waals surface area contributed by atoms with Gasteiger partial charge in [-0.3, -0.25) is 0 Å². The van der Waals surface area contributed by atoms with Gasteiger partial charge in [0.25, 0.3) is 0 Å². The van der Waals surface area contributed by atoms with Gasteiger partial charge >= 0.3 is 36.6 Å². The molecular formula is C71H87N7O22. The molecule has 100 heavy (non-hydrogen) atoms. The molecule has 1 unspecified atom stereocenters. The largest absolute Gasteiger partial charge is 0.445 e. The van der Waals surface area contributed by atoms with Gasteiger partial charge in [-0.05, 0) is 55.0 Å². The van der Waals surface area contributed by atoms with Crippen LogP contribution in [0.5, 0.6) is 0 Å². The molecule has 538 valence electrons. The van der Waals surface area contributed by atoms with Crippen LogP contribution in [0.25, 0.3) is 0 Å². The van der Waals surface area contributed by atoms with Gasteiger partial charge in [0.15, 0.2) is 18.9 Å². The number of alkyl carbamates (subject to hydrolysis) is 6. The van der Waals surface area contributed by atoms with Crippen molar-refractivity contribution in [2.45, 2.75) is 164 Å². The van der Waals surface area contributed by atoms with Crippen LogP contribution in [-0.4, -0.2) is 193 Å². The first kappa shape index (κ1) is 75.0. The van der Waals surface area contributed by atoms with E-state index in [2.05, 4.69) is 37.2 Å². The minimum atomic E-state index is -1.90. The van der Waals surface area contributed by atoms with Gasteiger partial charge in [-0.1, -0.05) is 176 Å².